The van der Waals surface area contributed by atoms with Crippen molar-refractivity contribution in [2.75, 3.05) is 20.8 Å². The van der Waals surface area contributed by atoms with E-state index < -0.39 is 0 Å². The number of amides is 1. The second kappa shape index (κ2) is 7.84. The highest BCUT2D eigenvalue weighted by Gasteiger charge is 2.15. The maximum atomic E-state index is 12.5. The maximum Gasteiger partial charge on any atom is 0.275 e. The SMILES string of the molecule is CCONC(=O)c1cc(-c2ccc(OC)c(OC)c2)nc2ccccc12. The molecule has 0 unspecified atom stereocenters. The summed E-state index contributed by atoms with van der Waals surface area (Å²) >= 11 is 0. The number of hydroxylamine groups is 1. The third-order valence-corrected chi connectivity index (χ3v) is 3.95. The summed E-state index contributed by atoms with van der Waals surface area (Å²) in [6.45, 7) is 2.19. The lowest BCUT2D eigenvalue weighted by Crippen LogP contribution is -2.24. The summed E-state index contributed by atoms with van der Waals surface area (Å²) in [5.41, 5.74) is 5.14. The second-order valence-electron chi connectivity index (χ2n) is 5.51. The molecule has 0 aliphatic carbocycles. The Bertz CT molecular complexity index is 940. The van der Waals surface area contributed by atoms with Crippen LogP contribution in [0.5, 0.6) is 11.5 Å². The monoisotopic (exact) mass is 352 g/mol. The lowest BCUT2D eigenvalue weighted by Gasteiger charge is -2.12. The lowest BCUT2D eigenvalue weighted by molar-refractivity contribution is 0.0366. The number of ether oxygens (including phenoxy) is 2. The summed E-state index contributed by atoms with van der Waals surface area (Å²) in [5, 5.41) is 0.758. The van der Waals surface area contributed by atoms with E-state index in [0.717, 1.165) is 16.5 Å². The normalized spacial score (nSPS) is 10.6. The molecule has 6 heteroatoms. The molecule has 0 spiro atoms. The van der Waals surface area contributed by atoms with Crippen LogP contribution in [0.3, 0.4) is 0 Å². The molecule has 6 nitrogen and oxygen atoms in total. The average molecular weight is 352 g/mol. The molecule has 1 N–H and O–H groups in total. The molecule has 0 aliphatic heterocycles. The zero-order chi connectivity index (χ0) is 18.5. The van der Waals surface area contributed by atoms with E-state index in [2.05, 4.69) is 10.5 Å². The summed E-state index contributed by atoms with van der Waals surface area (Å²) < 4.78 is 10.6. The third-order valence-electron chi connectivity index (χ3n) is 3.95. The number of para-hydroxylation sites is 1. The first-order valence-electron chi connectivity index (χ1n) is 8.22. The highest BCUT2D eigenvalue weighted by Crippen LogP contribution is 2.33. The van der Waals surface area contributed by atoms with Gasteiger partial charge < -0.3 is 9.47 Å². The van der Waals surface area contributed by atoms with Gasteiger partial charge >= 0.3 is 0 Å². The molecular formula is C20H20N2O4. The predicted molar refractivity (Wildman–Crippen MR) is 99.4 cm³/mol. The number of carbonyl (C=O) groups excluding carboxylic acids is 1. The van der Waals surface area contributed by atoms with Gasteiger partial charge in [-0.05, 0) is 37.3 Å². The summed E-state index contributed by atoms with van der Waals surface area (Å²) in [6, 6.07) is 14.8. The van der Waals surface area contributed by atoms with Crippen LogP contribution >= 0.6 is 0 Å². The van der Waals surface area contributed by atoms with E-state index in [9.17, 15) is 4.79 Å². The van der Waals surface area contributed by atoms with Crippen molar-refractivity contribution in [2.45, 2.75) is 6.92 Å². The quantitative estimate of drug-likeness (QED) is 0.687. The molecule has 1 amide bonds. The molecule has 3 aromatic rings. The number of carbonyl (C=O) groups is 1. The van der Waals surface area contributed by atoms with Crippen LogP contribution in [0.2, 0.25) is 0 Å². The van der Waals surface area contributed by atoms with Gasteiger partial charge in [0, 0.05) is 10.9 Å². The maximum absolute atomic E-state index is 12.5. The van der Waals surface area contributed by atoms with Crippen molar-refractivity contribution in [1.29, 1.82) is 0 Å². The minimum atomic E-state index is -0.313. The number of methoxy groups -OCH3 is 2. The van der Waals surface area contributed by atoms with Crippen molar-refractivity contribution < 1.29 is 19.1 Å². The predicted octanol–water partition coefficient (Wildman–Crippen LogP) is 3.60. The van der Waals surface area contributed by atoms with Crippen molar-refractivity contribution in [3.05, 3.63) is 54.1 Å². The van der Waals surface area contributed by atoms with Gasteiger partial charge in [-0.3, -0.25) is 9.63 Å². The molecule has 0 fully saturated rings. The Morgan fingerprint density at radius 1 is 1.04 bits per heavy atom. The van der Waals surface area contributed by atoms with E-state index in [1.54, 1.807) is 27.2 Å². The number of benzene rings is 2. The number of fused-ring (bicyclic) bond motifs is 1. The van der Waals surface area contributed by atoms with Crippen LogP contribution in [-0.2, 0) is 4.84 Å². The first-order chi connectivity index (χ1) is 12.7. The van der Waals surface area contributed by atoms with E-state index in [-0.39, 0.29) is 5.91 Å². The van der Waals surface area contributed by atoms with Crippen LogP contribution in [0.1, 0.15) is 17.3 Å². The Hall–Kier alpha value is -3.12. The molecule has 26 heavy (non-hydrogen) atoms. The molecule has 1 aromatic heterocycles. The van der Waals surface area contributed by atoms with Crippen molar-refractivity contribution in [3.63, 3.8) is 0 Å². The van der Waals surface area contributed by atoms with E-state index >= 15 is 0 Å². The molecule has 0 atom stereocenters. The van der Waals surface area contributed by atoms with E-state index in [1.165, 1.54) is 0 Å². The van der Waals surface area contributed by atoms with Crippen LogP contribution in [0.4, 0.5) is 0 Å². The molecule has 0 saturated carbocycles. The molecular weight excluding hydrogens is 332 g/mol. The minimum Gasteiger partial charge on any atom is -0.493 e. The number of aromatic nitrogens is 1. The average Bonchev–Trinajstić information content (AvgIpc) is 2.70. The minimum absolute atomic E-state index is 0.313. The number of nitrogens with one attached hydrogen (secondary N) is 1. The Balaban J connectivity index is 2.14. The topological polar surface area (TPSA) is 69.7 Å². The molecule has 2 aromatic carbocycles. The van der Waals surface area contributed by atoms with Crippen LogP contribution in [-0.4, -0.2) is 31.7 Å². The Morgan fingerprint density at radius 2 is 1.81 bits per heavy atom. The fraction of sp³-hybridized carbons (Fsp3) is 0.200. The molecule has 134 valence electrons. The highest BCUT2D eigenvalue weighted by molar-refractivity contribution is 6.06. The molecule has 0 bridgehead atoms. The van der Waals surface area contributed by atoms with Crippen molar-refractivity contribution in [2.24, 2.45) is 0 Å². The van der Waals surface area contributed by atoms with Gasteiger partial charge in [0.2, 0.25) is 0 Å². The third kappa shape index (κ3) is 3.45. The zero-order valence-electron chi connectivity index (χ0n) is 14.9. The molecule has 3 rings (SSSR count). The molecule has 0 radical (unpaired) electrons. The fourth-order valence-corrected chi connectivity index (χ4v) is 2.70. The van der Waals surface area contributed by atoms with Crippen molar-refractivity contribution in [3.8, 4) is 22.8 Å². The van der Waals surface area contributed by atoms with E-state index in [4.69, 9.17) is 14.3 Å². The second-order valence-corrected chi connectivity index (χ2v) is 5.51. The standard InChI is InChI=1S/C20H20N2O4/c1-4-26-22-20(23)15-12-17(21-16-8-6-5-7-14(15)16)13-9-10-18(24-2)19(11-13)25-3/h5-12H,4H2,1-3H3,(H,22,23). The number of rotatable bonds is 6. The first kappa shape index (κ1) is 17.7. The van der Waals surface area contributed by atoms with Crippen LogP contribution < -0.4 is 15.0 Å². The smallest absolute Gasteiger partial charge is 0.275 e. The highest BCUT2D eigenvalue weighted by atomic mass is 16.6. The Kier molecular flexibility index (Phi) is 5.34. The molecule has 0 saturated heterocycles. The van der Waals surface area contributed by atoms with Crippen molar-refractivity contribution in [1.82, 2.24) is 10.5 Å². The van der Waals surface area contributed by atoms with Gasteiger partial charge in [0.15, 0.2) is 11.5 Å². The zero-order valence-corrected chi connectivity index (χ0v) is 14.9. The van der Waals surface area contributed by atoms with Gasteiger partial charge in [-0.25, -0.2) is 10.5 Å². The fourth-order valence-electron chi connectivity index (χ4n) is 2.70. The lowest BCUT2D eigenvalue weighted by atomic mass is 10.0. The largest absolute Gasteiger partial charge is 0.493 e. The Morgan fingerprint density at radius 3 is 2.54 bits per heavy atom. The van der Waals surface area contributed by atoms with Gasteiger partial charge in [-0.2, -0.15) is 0 Å². The number of nitrogens with zero attached hydrogens (tertiary/aromatic N) is 1. The van der Waals surface area contributed by atoms with Crippen molar-refractivity contribution >= 4 is 16.8 Å². The number of hydrogen-bond acceptors (Lipinski definition) is 5. The van der Waals surface area contributed by atoms with E-state index in [0.29, 0.717) is 29.4 Å². The number of hydrogen-bond donors (Lipinski definition) is 1. The first-order valence-corrected chi connectivity index (χ1v) is 8.22. The molecule has 0 aliphatic rings. The van der Waals surface area contributed by atoms with Gasteiger partial charge in [0.1, 0.15) is 0 Å². The summed E-state index contributed by atoms with van der Waals surface area (Å²) in [4.78, 5) is 22.3. The molecule has 1 heterocycles. The van der Waals surface area contributed by atoms with Crippen LogP contribution in [0, 0.1) is 0 Å². The van der Waals surface area contributed by atoms with Crippen LogP contribution in [0.25, 0.3) is 22.2 Å². The van der Waals surface area contributed by atoms with E-state index in [1.807, 2.05) is 42.5 Å². The van der Waals surface area contributed by atoms with Gasteiger partial charge in [0.05, 0.1) is 37.6 Å². The summed E-state index contributed by atoms with van der Waals surface area (Å²) in [6.07, 6.45) is 0. The summed E-state index contributed by atoms with van der Waals surface area (Å²) in [7, 11) is 3.17. The Labute approximate surface area is 151 Å². The van der Waals surface area contributed by atoms with Gasteiger partial charge in [0.25, 0.3) is 5.91 Å². The van der Waals surface area contributed by atoms with Gasteiger partial charge in [-0.15, -0.1) is 0 Å². The van der Waals surface area contributed by atoms with Gasteiger partial charge in [-0.1, -0.05) is 18.2 Å². The summed E-state index contributed by atoms with van der Waals surface area (Å²) in [5.74, 6) is 0.916. The number of pyridine rings is 1. The van der Waals surface area contributed by atoms with Crippen LogP contribution in [0.15, 0.2) is 48.5 Å².